The first-order valence-electron chi connectivity index (χ1n) is 4.61. The summed E-state index contributed by atoms with van der Waals surface area (Å²) in [6, 6.07) is 5.08. The van der Waals surface area contributed by atoms with Gasteiger partial charge in [-0.15, -0.1) is 4.98 Å². The molecule has 0 N–H and O–H groups in total. The van der Waals surface area contributed by atoms with Gasteiger partial charge in [0.2, 0.25) is 0 Å². The monoisotopic (exact) mass is 229 g/mol. The number of pyridine rings is 1. The van der Waals surface area contributed by atoms with Gasteiger partial charge >= 0.3 is 11.7 Å². The summed E-state index contributed by atoms with van der Waals surface area (Å²) in [5.74, 6) is 0.197. The van der Waals surface area contributed by atoms with E-state index in [1.54, 1.807) is 12.1 Å². The third kappa shape index (κ3) is 1.96. The average Bonchev–Trinajstić information content (AvgIpc) is 2.38. The van der Waals surface area contributed by atoms with E-state index in [4.69, 9.17) is 10.00 Å². The highest BCUT2D eigenvalue weighted by molar-refractivity contribution is 5.42. The number of hydrogen-bond donors (Lipinski definition) is 0. The largest absolute Gasteiger partial charge is 0.467 e. The second-order valence-electron chi connectivity index (χ2n) is 2.98. The predicted octanol–water partition coefficient (Wildman–Crippen LogP) is -0.0972. The second kappa shape index (κ2) is 4.40. The lowest BCUT2D eigenvalue weighted by Gasteiger charge is -2.04. The Labute approximate surface area is 96.0 Å². The Morgan fingerprint density at radius 1 is 1.47 bits per heavy atom. The lowest BCUT2D eigenvalue weighted by Crippen LogP contribution is -2.23. The maximum atomic E-state index is 11.6. The molecule has 7 nitrogen and oxygen atoms in total. The number of hydrogen-bond acceptors (Lipinski definition) is 6. The van der Waals surface area contributed by atoms with Crippen LogP contribution in [0.2, 0.25) is 0 Å². The van der Waals surface area contributed by atoms with Gasteiger partial charge in [0.05, 0.1) is 12.7 Å². The van der Waals surface area contributed by atoms with E-state index >= 15 is 0 Å². The molecule has 0 bridgehead atoms. The number of methoxy groups -OCH3 is 1. The van der Waals surface area contributed by atoms with Crippen LogP contribution in [0.5, 0.6) is 6.01 Å². The van der Waals surface area contributed by atoms with Crippen LogP contribution in [-0.4, -0.2) is 26.6 Å². The zero-order valence-corrected chi connectivity index (χ0v) is 8.86. The van der Waals surface area contributed by atoms with Crippen LogP contribution in [0.1, 0.15) is 5.56 Å². The minimum atomic E-state index is -0.605. The molecule has 0 unspecified atom stereocenters. The highest BCUT2D eigenvalue weighted by Crippen LogP contribution is 2.07. The standard InChI is InChI=1S/C10H7N5O2/c1-17-9-13-6-15(10(16)14-9)8-7(5-11)3-2-4-12-8/h2-4,6H,1H3. The molecule has 17 heavy (non-hydrogen) atoms. The average molecular weight is 229 g/mol. The van der Waals surface area contributed by atoms with E-state index in [1.807, 2.05) is 6.07 Å². The van der Waals surface area contributed by atoms with Crippen molar-refractivity contribution in [2.45, 2.75) is 0 Å². The van der Waals surface area contributed by atoms with Crippen LogP contribution in [0.4, 0.5) is 0 Å². The first kappa shape index (κ1) is 10.8. The molecule has 0 amide bonds. The van der Waals surface area contributed by atoms with Gasteiger partial charge < -0.3 is 4.74 Å². The number of nitriles is 1. The molecule has 2 heterocycles. The SMILES string of the molecule is COc1ncn(-c2ncccc2C#N)c(=O)n1. The molecule has 0 atom stereocenters. The van der Waals surface area contributed by atoms with Gasteiger partial charge in [0.15, 0.2) is 5.82 Å². The highest BCUT2D eigenvalue weighted by Gasteiger charge is 2.09. The van der Waals surface area contributed by atoms with Crippen molar-refractivity contribution in [3.8, 4) is 17.9 Å². The number of rotatable bonds is 2. The van der Waals surface area contributed by atoms with Gasteiger partial charge in [0.25, 0.3) is 0 Å². The maximum absolute atomic E-state index is 11.6. The van der Waals surface area contributed by atoms with Crippen LogP contribution in [0, 0.1) is 11.3 Å². The van der Waals surface area contributed by atoms with Gasteiger partial charge in [0, 0.05) is 6.20 Å². The van der Waals surface area contributed by atoms with Crippen LogP contribution in [0.3, 0.4) is 0 Å². The van der Waals surface area contributed by atoms with Crippen molar-refractivity contribution in [1.29, 1.82) is 5.26 Å². The molecule has 7 heteroatoms. The van der Waals surface area contributed by atoms with Crippen molar-refractivity contribution >= 4 is 0 Å². The van der Waals surface area contributed by atoms with Crippen molar-refractivity contribution < 1.29 is 4.74 Å². The van der Waals surface area contributed by atoms with Gasteiger partial charge in [-0.3, -0.25) is 0 Å². The number of aromatic nitrogens is 4. The summed E-state index contributed by atoms with van der Waals surface area (Å²) in [4.78, 5) is 23.0. The molecule has 0 aliphatic heterocycles. The molecule has 0 saturated carbocycles. The Hall–Kier alpha value is -2.75. The molecule has 2 rings (SSSR count). The number of ether oxygens (including phenoxy) is 1. The molecular formula is C10H7N5O2. The van der Waals surface area contributed by atoms with Crippen LogP contribution in [0.25, 0.3) is 5.82 Å². The normalized spacial score (nSPS) is 9.65. The summed E-state index contributed by atoms with van der Waals surface area (Å²) >= 11 is 0. The van der Waals surface area contributed by atoms with Gasteiger partial charge in [-0.2, -0.15) is 10.2 Å². The quantitative estimate of drug-likeness (QED) is 0.713. The van der Waals surface area contributed by atoms with Crippen LogP contribution in [-0.2, 0) is 0 Å². The second-order valence-corrected chi connectivity index (χ2v) is 2.98. The van der Waals surface area contributed by atoms with E-state index in [0.717, 1.165) is 4.57 Å². The molecule has 84 valence electrons. The smallest absolute Gasteiger partial charge is 0.359 e. The summed E-state index contributed by atoms with van der Waals surface area (Å²) < 4.78 is 5.81. The minimum Gasteiger partial charge on any atom is -0.467 e. The van der Waals surface area contributed by atoms with E-state index in [0.29, 0.717) is 0 Å². The van der Waals surface area contributed by atoms with Gasteiger partial charge in [0.1, 0.15) is 12.4 Å². The molecule has 0 spiro atoms. The van der Waals surface area contributed by atoms with Gasteiger partial charge in [-0.05, 0) is 12.1 Å². The van der Waals surface area contributed by atoms with E-state index in [1.165, 1.54) is 19.6 Å². The lowest BCUT2D eigenvalue weighted by atomic mass is 10.3. The maximum Gasteiger partial charge on any atom is 0.359 e. The van der Waals surface area contributed by atoms with Crippen molar-refractivity contribution in [2.75, 3.05) is 7.11 Å². The number of nitrogens with zero attached hydrogens (tertiary/aromatic N) is 5. The molecule has 0 aliphatic rings. The summed E-state index contributed by atoms with van der Waals surface area (Å²) in [5.41, 5.74) is -0.338. The van der Waals surface area contributed by atoms with Crippen molar-refractivity contribution in [1.82, 2.24) is 19.5 Å². The molecule has 0 aromatic carbocycles. The predicted molar refractivity (Wildman–Crippen MR) is 56.7 cm³/mol. The van der Waals surface area contributed by atoms with E-state index < -0.39 is 5.69 Å². The van der Waals surface area contributed by atoms with Gasteiger partial charge in [-0.1, -0.05) is 0 Å². The Morgan fingerprint density at radius 3 is 2.94 bits per heavy atom. The summed E-state index contributed by atoms with van der Waals surface area (Å²) in [6.07, 6.45) is 2.70. The third-order valence-corrected chi connectivity index (χ3v) is 2.00. The first-order valence-corrected chi connectivity index (χ1v) is 4.61. The fourth-order valence-electron chi connectivity index (χ4n) is 1.24. The van der Waals surface area contributed by atoms with Crippen molar-refractivity contribution in [3.05, 3.63) is 40.7 Å². The highest BCUT2D eigenvalue weighted by atomic mass is 16.5. The van der Waals surface area contributed by atoms with Crippen LogP contribution < -0.4 is 10.4 Å². The Morgan fingerprint density at radius 2 is 2.29 bits per heavy atom. The lowest BCUT2D eigenvalue weighted by molar-refractivity contribution is 0.374. The summed E-state index contributed by atoms with van der Waals surface area (Å²) in [7, 11) is 1.36. The van der Waals surface area contributed by atoms with E-state index in [-0.39, 0.29) is 17.4 Å². The fourth-order valence-corrected chi connectivity index (χ4v) is 1.24. The Balaban J connectivity index is 2.62. The molecule has 0 fully saturated rings. The molecular weight excluding hydrogens is 222 g/mol. The Kier molecular flexibility index (Phi) is 2.79. The fraction of sp³-hybridized carbons (Fsp3) is 0.100. The zero-order chi connectivity index (χ0) is 12.3. The van der Waals surface area contributed by atoms with Crippen LogP contribution in [0.15, 0.2) is 29.5 Å². The van der Waals surface area contributed by atoms with Crippen LogP contribution >= 0.6 is 0 Å². The Bertz CT molecular complexity index is 644. The van der Waals surface area contributed by atoms with Gasteiger partial charge in [-0.25, -0.2) is 14.3 Å². The molecule has 2 aromatic rings. The zero-order valence-electron chi connectivity index (χ0n) is 8.86. The third-order valence-electron chi connectivity index (χ3n) is 2.00. The molecule has 0 radical (unpaired) electrons. The van der Waals surface area contributed by atoms with Crippen molar-refractivity contribution in [2.24, 2.45) is 0 Å². The minimum absolute atomic E-state index is 0.0271. The van der Waals surface area contributed by atoms with Crippen molar-refractivity contribution in [3.63, 3.8) is 0 Å². The summed E-state index contributed by atoms with van der Waals surface area (Å²) in [6.45, 7) is 0. The molecule has 0 aliphatic carbocycles. The molecule has 0 saturated heterocycles. The topological polar surface area (TPSA) is 93.7 Å². The molecule has 2 aromatic heterocycles. The first-order chi connectivity index (χ1) is 8.26. The summed E-state index contributed by atoms with van der Waals surface area (Å²) in [5, 5.41) is 8.90. The van der Waals surface area contributed by atoms with E-state index in [2.05, 4.69) is 15.0 Å². The van der Waals surface area contributed by atoms with E-state index in [9.17, 15) is 4.79 Å².